The number of benzene rings is 2. The molecule has 0 aliphatic rings. The van der Waals surface area contributed by atoms with Crippen molar-refractivity contribution < 1.29 is 9.53 Å². The molecule has 22 heavy (non-hydrogen) atoms. The summed E-state index contributed by atoms with van der Waals surface area (Å²) in [4.78, 5) is 12.2. The van der Waals surface area contributed by atoms with Gasteiger partial charge in [0.15, 0.2) is 0 Å². The highest BCUT2D eigenvalue weighted by molar-refractivity contribution is 5.94. The summed E-state index contributed by atoms with van der Waals surface area (Å²) in [5.41, 5.74) is 3.05. The summed E-state index contributed by atoms with van der Waals surface area (Å²) in [6.45, 7) is 2.61. The number of hydrogen-bond acceptors (Lipinski definition) is 2. The van der Waals surface area contributed by atoms with Crippen LogP contribution in [0.15, 0.2) is 54.6 Å². The monoisotopic (exact) mass is 297 g/mol. The predicted octanol–water partition coefficient (Wildman–Crippen LogP) is 3.58. The Morgan fingerprint density at radius 1 is 1.05 bits per heavy atom. The largest absolute Gasteiger partial charge is 0.380 e. The number of carbonyl (C=O) groups is 1. The Bertz CT molecular complexity index is 578. The first-order chi connectivity index (χ1) is 10.7. The fraction of sp³-hybridized carbons (Fsp3) is 0.316. The van der Waals surface area contributed by atoms with Crippen LogP contribution in [0.2, 0.25) is 0 Å². The van der Waals surface area contributed by atoms with E-state index in [0.29, 0.717) is 12.2 Å². The quantitative estimate of drug-likeness (QED) is 0.848. The number of rotatable bonds is 7. The molecule has 2 aromatic rings. The van der Waals surface area contributed by atoms with Crippen LogP contribution >= 0.6 is 0 Å². The maximum absolute atomic E-state index is 12.2. The lowest BCUT2D eigenvalue weighted by molar-refractivity contribution is 0.0938. The van der Waals surface area contributed by atoms with Crippen molar-refractivity contribution in [2.45, 2.75) is 32.4 Å². The van der Waals surface area contributed by atoms with Crippen LogP contribution in [0.4, 0.5) is 0 Å². The van der Waals surface area contributed by atoms with Crippen LogP contribution in [0.25, 0.3) is 0 Å². The molecule has 0 bridgehead atoms. The van der Waals surface area contributed by atoms with E-state index in [9.17, 15) is 4.79 Å². The minimum Gasteiger partial charge on any atom is -0.380 e. The van der Waals surface area contributed by atoms with Crippen LogP contribution in [-0.4, -0.2) is 19.1 Å². The summed E-state index contributed by atoms with van der Waals surface area (Å²) in [6, 6.07) is 18.0. The average molecular weight is 297 g/mol. The summed E-state index contributed by atoms with van der Waals surface area (Å²) in [6.07, 6.45) is 1.90. The molecule has 0 radical (unpaired) electrons. The normalized spacial score (nSPS) is 11.9. The van der Waals surface area contributed by atoms with Crippen LogP contribution in [-0.2, 0) is 17.8 Å². The Morgan fingerprint density at radius 3 is 2.36 bits per heavy atom. The first-order valence-corrected chi connectivity index (χ1v) is 7.61. The highest BCUT2D eigenvalue weighted by Crippen LogP contribution is 2.08. The van der Waals surface area contributed by atoms with Crippen molar-refractivity contribution in [2.75, 3.05) is 7.11 Å². The van der Waals surface area contributed by atoms with Gasteiger partial charge in [-0.1, -0.05) is 42.5 Å². The summed E-state index contributed by atoms with van der Waals surface area (Å²) in [5.74, 6) is -0.0236. The standard InChI is InChI=1S/C19H23NO2/c1-15(8-9-16-6-4-3-5-7-16)20-19(21)18-12-10-17(11-13-18)14-22-2/h3-7,10-13,15H,8-9,14H2,1-2H3,(H,20,21). The number of hydrogen-bond donors (Lipinski definition) is 1. The zero-order valence-electron chi connectivity index (χ0n) is 13.2. The smallest absolute Gasteiger partial charge is 0.251 e. The van der Waals surface area contributed by atoms with Gasteiger partial charge in [-0.3, -0.25) is 4.79 Å². The molecule has 1 unspecified atom stereocenters. The second-order valence-electron chi connectivity index (χ2n) is 5.53. The molecule has 3 nitrogen and oxygen atoms in total. The molecule has 0 spiro atoms. The second-order valence-corrected chi connectivity index (χ2v) is 5.53. The number of aryl methyl sites for hydroxylation is 1. The highest BCUT2D eigenvalue weighted by Gasteiger charge is 2.09. The van der Waals surface area contributed by atoms with Crippen molar-refractivity contribution in [3.05, 3.63) is 71.3 Å². The zero-order valence-corrected chi connectivity index (χ0v) is 13.2. The molecule has 1 atom stereocenters. The van der Waals surface area contributed by atoms with Gasteiger partial charge in [0.05, 0.1) is 6.61 Å². The van der Waals surface area contributed by atoms with Gasteiger partial charge < -0.3 is 10.1 Å². The molecule has 1 N–H and O–H groups in total. The van der Waals surface area contributed by atoms with Crippen molar-refractivity contribution in [3.63, 3.8) is 0 Å². The van der Waals surface area contributed by atoms with Crippen molar-refractivity contribution in [2.24, 2.45) is 0 Å². The molecule has 0 heterocycles. The summed E-state index contributed by atoms with van der Waals surface area (Å²) in [5, 5.41) is 3.05. The maximum Gasteiger partial charge on any atom is 0.251 e. The van der Waals surface area contributed by atoms with E-state index in [-0.39, 0.29) is 11.9 Å². The number of amides is 1. The third-order valence-corrected chi connectivity index (χ3v) is 3.61. The van der Waals surface area contributed by atoms with E-state index in [4.69, 9.17) is 4.74 Å². The van der Waals surface area contributed by atoms with E-state index < -0.39 is 0 Å². The Labute approximate surface area is 132 Å². The van der Waals surface area contributed by atoms with E-state index in [1.165, 1.54) is 5.56 Å². The summed E-state index contributed by atoms with van der Waals surface area (Å²) < 4.78 is 5.07. The molecule has 2 aromatic carbocycles. The Balaban J connectivity index is 1.82. The molecule has 116 valence electrons. The fourth-order valence-electron chi connectivity index (χ4n) is 2.33. The van der Waals surface area contributed by atoms with Crippen LogP contribution in [0.3, 0.4) is 0 Å². The highest BCUT2D eigenvalue weighted by atomic mass is 16.5. The van der Waals surface area contributed by atoms with E-state index in [1.807, 2.05) is 49.4 Å². The molecule has 0 aliphatic carbocycles. The molecule has 0 aromatic heterocycles. The molecule has 0 saturated carbocycles. The summed E-state index contributed by atoms with van der Waals surface area (Å²) >= 11 is 0. The zero-order chi connectivity index (χ0) is 15.8. The van der Waals surface area contributed by atoms with Gasteiger partial charge in [-0.15, -0.1) is 0 Å². The second kappa shape index (κ2) is 8.35. The van der Waals surface area contributed by atoms with Crippen LogP contribution < -0.4 is 5.32 Å². The molecule has 3 heteroatoms. The lowest BCUT2D eigenvalue weighted by Gasteiger charge is -2.14. The van der Waals surface area contributed by atoms with Gasteiger partial charge in [0.25, 0.3) is 5.91 Å². The van der Waals surface area contributed by atoms with Crippen molar-refractivity contribution >= 4 is 5.91 Å². The first-order valence-electron chi connectivity index (χ1n) is 7.61. The SMILES string of the molecule is COCc1ccc(C(=O)NC(C)CCc2ccccc2)cc1. The minimum absolute atomic E-state index is 0.0236. The molecule has 0 saturated heterocycles. The van der Waals surface area contributed by atoms with Gasteiger partial charge in [0, 0.05) is 18.7 Å². The molecule has 0 fully saturated rings. The van der Waals surface area contributed by atoms with E-state index in [2.05, 4.69) is 17.4 Å². The van der Waals surface area contributed by atoms with Crippen molar-refractivity contribution in [1.29, 1.82) is 0 Å². The van der Waals surface area contributed by atoms with Gasteiger partial charge in [-0.25, -0.2) is 0 Å². The number of methoxy groups -OCH3 is 1. The topological polar surface area (TPSA) is 38.3 Å². The number of ether oxygens (including phenoxy) is 1. The Morgan fingerprint density at radius 2 is 1.73 bits per heavy atom. The minimum atomic E-state index is -0.0236. The maximum atomic E-state index is 12.2. The van der Waals surface area contributed by atoms with E-state index in [1.54, 1.807) is 7.11 Å². The van der Waals surface area contributed by atoms with Crippen LogP contribution in [0.1, 0.15) is 34.8 Å². The molecule has 1 amide bonds. The third kappa shape index (κ3) is 5.01. The lowest BCUT2D eigenvalue weighted by atomic mass is 10.1. The van der Waals surface area contributed by atoms with Gasteiger partial charge in [-0.05, 0) is 43.0 Å². The van der Waals surface area contributed by atoms with Gasteiger partial charge in [-0.2, -0.15) is 0 Å². The fourth-order valence-corrected chi connectivity index (χ4v) is 2.33. The van der Waals surface area contributed by atoms with Crippen molar-refractivity contribution in [3.8, 4) is 0 Å². The number of nitrogens with one attached hydrogen (secondary N) is 1. The van der Waals surface area contributed by atoms with Gasteiger partial charge in [0.1, 0.15) is 0 Å². The molecular weight excluding hydrogens is 274 g/mol. The van der Waals surface area contributed by atoms with Gasteiger partial charge >= 0.3 is 0 Å². The van der Waals surface area contributed by atoms with Gasteiger partial charge in [0.2, 0.25) is 0 Å². The third-order valence-electron chi connectivity index (χ3n) is 3.61. The van der Waals surface area contributed by atoms with Crippen LogP contribution in [0.5, 0.6) is 0 Å². The van der Waals surface area contributed by atoms with E-state index in [0.717, 1.165) is 18.4 Å². The molecule has 0 aliphatic heterocycles. The predicted molar refractivity (Wildman–Crippen MR) is 88.8 cm³/mol. The number of carbonyl (C=O) groups excluding carboxylic acids is 1. The van der Waals surface area contributed by atoms with Crippen LogP contribution in [0, 0.1) is 0 Å². The Kier molecular flexibility index (Phi) is 6.16. The van der Waals surface area contributed by atoms with Crippen molar-refractivity contribution in [1.82, 2.24) is 5.32 Å². The molecule has 2 rings (SSSR count). The lowest BCUT2D eigenvalue weighted by Crippen LogP contribution is -2.32. The molecular formula is C19H23NO2. The Hall–Kier alpha value is -2.13. The van der Waals surface area contributed by atoms with E-state index >= 15 is 0 Å². The first kappa shape index (κ1) is 16.2. The average Bonchev–Trinajstić information content (AvgIpc) is 2.55. The summed E-state index contributed by atoms with van der Waals surface area (Å²) in [7, 11) is 1.66.